The Labute approximate surface area is 90.7 Å². The molecule has 0 heterocycles. The number of aliphatic hydroxyl groups excluding tert-OH is 2. The van der Waals surface area contributed by atoms with Gasteiger partial charge in [-0.1, -0.05) is 0 Å². The van der Waals surface area contributed by atoms with Crippen LogP contribution in [0.5, 0.6) is 0 Å². The second kappa shape index (κ2) is 6.08. The number of hydrogen-bond donors (Lipinski definition) is 3. The highest BCUT2D eigenvalue weighted by atomic mass is 16.3. The lowest BCUT2D eigenvalue weighted by Gasteiger charge is -2.14. The summed E-state index contributed by atoms with van der Waals surface area (Å²) >= 11 is 0. The lowest BCUT2D eigenvalue weighted by molar-refractivity contribution is -0.121. The van der Waals surface area contributed by atoms with Gasteiger partial charge in [0.05, 0.1) is 0 Å². The Hall–Kier alpha value is -0.610. The second-order valence-electron chi connectivity index (χ2n) is 4.43. The van der Waals surface area contributed by atoms with E-state index in [0.717, 1.165) is 25.7 Å². The van der Waals surface area contributed by atoms with Gasteiger partial charge in [-0.05, 0) is 37.5 Å². The van der Waals surface area contributed by atoms with Crippen LogP contribution in [-0.2, 0) is 4.79 Å². The van der Waals surface area contributed by atoms with Crippen molar-refractivity contribution in [1.82, 2.24) is 5.32 Å². The molecule has 0 aliphatic heterocycles. The van der Waals surface area contributed by atoms with Crippen molar-refractivity contribution in [3.05, 3.63) is 0 Å². The Morgan fingerprint density at radius 1 is 1.20 bits per heavy atom. The quantitative estimate of drug-likeness (QED) is 0.514. The zero-order chi connectivity index (χ0) is 11.1. The summed E-state index contributed by atoms with van der Waals surface area (Å²) in [5.41, 5.74) is 0.196. The first-order valence-corrected chi connectivity index (χ1v) is 5.71. The number of amides is 1. The fraction of sp³-hybridized carbons (Fsp3) is 0.909. The molecule has 0 spiro atoms. The van der Waals surface area contributed by atoms with Crippen molar-refractivity contribution >= 4 is 5.91 Å². The van der Waals surface area contributed by atoms with E-state index in [9.17, 15) is 4.79 Å². The number of carbonyl (C=O) groups excluding carboxylic acids is 1. The maximum Gasteiger partial charge on any atom is 0.220 e. The maximum absolute atomic E-state index is 11.3. The van der Waals surface area contributed by atoms with Gasteiger partial charge < -0.3 is 15.5 Å². The van der Waals surface area contributed by atoms with Gasteiger partial charge in [-0.15, -0.1) is 0 Å². The molecule has 4 heteroatoms. The van der Waals surface area contributed by atoms with Crippen LogP contribution in [0.15, 0.2) is 0 Å². The zero-order valence-corrected chi connectivity index (χ0v) is 9.17. The Morgan fingerprint density at radius 2 is 1.93 bits per heavy atom. The van der Waals surface area contributed by atoms with E-state index < -0.39 is 0 Å². The van der Waals surface area contributed by atoms with E-state index in [1.807, 2.05) is 0 Å². The van der Waals surface area contributed by atoms with Crippen LogP contribution in [-0.4, -0.2) is 35.9 Å². The van der Waals surface area contributed by atoms with Gasteiger partial charge in [-0.2, -0.15) is 0 Å². The van der Waals surface area contributed by atoms with Crippen molar-refractivity contribution in [2.45, 2.75) is 38.5 Å². The molecule has 4 nitrogen and oxygen atoms in total. The van der Waals surface area contributed by atoms with Crippen LogP contribution >= 0.6 is 0 Å². The van der Waals surface area contributed by atoms with E-state index in [-0.39, 0.29) is 24.5 Å². The molecule has 0 radical (unpaired) electrons. The van der Waals surface area contributed by atoms with E-state index in [2.05, 4.69) is 5.32 Å². The van der Waals surface area contributed by atoms with Gasteiger partial charge in [-0.3, -0.25) is 4.79 Å². The smallest absolute Gasteiger partial charge is 0.220 e. The molecule has 1 amide bonds. The second-order valence-corrected chi connectivity index (χ2v) is 4.43. The first kappa shape index (κ1) is 12.5. The topological polar surface area (TPSA) is 69.6 Å². The number of carbonyl (C=O) groups is 1. The van der Waals surface area contributed by atoms with Gasteiger partial charge in [0.2, 0.25) is 5.91 Å². The van der Waals surface area contributed by atoms with Crippen molar-refractivity contribution < 1.29 is 15.0 Å². The number of aliphatic hydroxyl groups is 2. The molecule has 0 aromatic rings. The van der Waals surface area contributed by atoms with Crippen molar-refractivity contribution in [1.29, 1.82) is 0 Å². The molecule has 0 atom stereocenters. The molecule has 1 rings (SSSR count). The predicted molar refractivity (Wildman–Crippen MR) is 57.3 cm³/mol. The van der Waals surface area contributed by atoms with Gasteiger partial charge in [0.15, 0.2) is 0 Å². The van der Waals surface area contributed by atoms with Crippen LogP contribution < -0.4 is 5.32 Å². The highest BCUT2D eigenvalue weighted by Gasteiger charge is 2.41. The predicted octanol–water partition coefficient (Wildman–Crippen LogP) is 0.428. The lowest BCUT2D eigenvalue weighted by atomic mass is 10.0. The fourth-order valence-corrected chi connectivity index (χ4v) is 1.70. The van der Waals surface area contributed by atoms with Crippen molar-refractivity contribution in [2.75, 3.05) is 19.8 Å². The van der Waals surface area contributed by atoms with Crippen molar-refractivity contribution in [2.24, 2.45) is 5.41 Å². The van der Waals surface area contributed by atoms with E-state index >= 15 is 0 Å². The summed E-state index contributed by atoms with van der Waals surface area (Å²) in [7, 11) is 0. The average Bonchev–Trinajstić information content (AvgIpc) is 2.97. The zero-order valence-electron chi connectivity index (χ0n) is 9.17. The molecule has 0 aromatic heterocycles. The molecular weight excluding hydrogens is 194 g/mol. The molecule has 1 fully saturated rings. The summed E-state index contributed by atoms with van der Waals surface area (Å²) in [5.74, 6) is 0.0627. The third-order valence-electron chi connectivity index (χ3n) is 3.07. The van der Waals surface area contributed by atoms with Crippen LogP contribution in [0.4, 0.5) is 0 Å². The number of rotatable bonds is 8. The minimum Gasteiger partial charge on any atom is -0.396 e. The lowest BCUT2D eigenvalue weighted by Crippen LogP contribution is -2.30. The summed E-state index contributed by atoms with van der Waals surface area (Å²) in [5, 5.41) is 20.3. The molecular formula is C11H21NO3. The van der Waals surface area contributed by atoms with E-state index in [0.29, 0.717) is 19.4 Å². The molecule has 1 aliphatic carbocycles. The molecule has 1 aliphatic rings. The Balaban J connectivity index is 2.06. The molecule has 0 saturated heterocycles. The van der Waals surface area contributed by atoms with Crippen LogP contribution in [0, 0.1) is 5.41 Å². The van der Waals surface area contributed by atoms with Crippen LogP contribution in [0.3, 0.4) is 0 Å². The Bertz CT molecular complexity index is 202. The SMILES string of the molecule is O=C(CCCCO)NCC1(CCO)CC1. The molecule has 88 valence electrons. The van der Waals surface area contributed by atoms with E-state index in [4.69, 9.17) is 10.2 Å². The summed E-state index contributed by atoms with van der Waals surface area (Å²) in [6.07, 6.45) is 4.96. The van der Waals surface area contributed by atoms with Gasteiger partial charge in [0.1, 0.15) is 0 Å². The molecule has 15 heavy (non-hydrogen) atoms. The molecule has 1 saturated carbocycles. The summed E-state index contributed by atoms with van der Waals surface area (Å²) in [4.78, 5) is 11.3. The van der Waals surface area contributed by atoms with Crippen LogP contribution in [0.25, 0.3) is 0 Å². The Kier molecular flexibility index (Phi) is 5.05. The van der Waals surface area contributed by atoms with Gasteiger partial charge in [0, 0.05) is 26.2 Å². The monoisotopic (exact) mass is 215 g/mol. The number of nitrogens with one attached hydrogen (secondary N) is 1. The minimum absolute atomic E-state index is 0.0627. The van der Waals surface area contributed by atoms with Gasteiger partial charge in [-0.25, -0.2) is 0 Å². The van der Waals surface area contributed by atoms with E-state index in [1.54, 1.807) is 0 Å². The van der Waals surface area contributed by atoms with Crippen molar-refractivity contribution in [3.8, 4) is 0 Å². The third kappa shape index (κ3) is 4.62. The van der Waals surface area contributed by atoms with Crippen LogP contribution in [0.2, 0.25) is 0 Å². The van der Waals surface area contributed by atoms with Gasteiger partial charge >= 0.3 is 0 Å². The summed E-state index contributed by atoms with van der Waals surface area (Å²) in [6, 6.07) is 0. The molecule has 0 unspecified atom stereocenters. The van der Waals surface area contributed by atoms with E-state index in [1.165, 1.54) is 0 Å². The third-order valence-corrected chi connectivity index (χ3v) is 3.07. The molecule has 0 aromatic carbocycles. The number of hydrogen-bond acceptors (Lipinski definition) is 3. The largest absolute Gasteiger partial charge is 0.396 e. The summed E-state index contributed by atoms with van der Waals surface area (Å²) in [6.45, 7) is 1.06. The van der Waals surface area contributed by atoms with Crippen molar-refractivity contribution in [3.63, 3.8) is 0 Å². The fourth-order valence-electron chi connectivity index (χ4n) is 1.70. The normalized spacial score (nSPS) is 17.5. The minimum atomic E-state index is 0.0627. The average molecular weight is 215 g/mol. The number of unbranched alkanes of at least 4 members (excludes halogenated alkanes) is 1. The maximum atomic E-state index is 11.3. The first-order valence-electron chi connectivity index (χ1n) is 5.71. The Morgan fingerprint density at radius 3 is 2.47 bits per heavy atom. The molecule has 3 N–H and O–H groups in total. The molecule has 0 bridgehead atoms. The standard InChI is InChI=1S/C11H21NO3/c13-7-2-1-3-10(15)12-9-11(4-5-11)6-8-14/h13-14H,1-9H2,(H,12,15). The highest BCUT2D eigenvalue weighted by molar-refractivity contribution is 5.75. The van der Waals surface area contributed by atoms with Gasteiger partial charge in [0.25, 0.3) is 0 Å². The summed E-state index contributed by atoms with van der Waals surface area (Å²) < 4.78 is 0. The highest BCUT2D eigenvalue weighted by Crippen LogP contribution is 2.47. The van der Waals surface area contributed by atoms with Crippen LogP contribution in [0.1, 0.15) is 38.5 Å². The first-order chi connectivity index (χ1) is 7.22.